The van der Waals surface area contributed by atoms with E-state index in [9.17, 15) is 19.2 Å². The van der Waals surface area contributed by atoms with Gasteiger partial charge < -0.3 is 15.3 Å². The Morgan fingerprint density at radius 2 is 2.05 bits per heavy atom. The summed E-state index contributed by atoms with van der Waals surface area (Å²) < 4.78 is 0. The molecule has 1 heterocycles. The number of imide groups is 1. The van der Waals surface area contributed by atoms with Gasteiger partial charge in [-0.1, -0.05) is 6.92 Å². The molecule has 21 heavy (non-hydrogen) atoms. The van der Waals surface area contributed by atoms with Crippen molar-refractivity contribution in [1.29, 1.82) is 0 Å². The summed E-state index contributed by atoms with van der Waals surface area (Å²) >= 11 is 0. The van der Waals surface area contributed by atoms with Gasteiger partial charge in [0.2, 0.25) is 5.91 Å². The van der Waals surface area contributed by atoms with E-state index in [1.807, 2.05) is 0 Å². The molecular formula is C13H19N3O5. The number of urea groups is 1. The molecule has 2 rings (SSSR count). The Kier molecular flexibility index (Phi) is 3.89. The molecule has 116 valence electrons. The molecule has 1 aliphatic carbocycles. The van der Waals surface area contributed by atoms with Crippen molar-refractivity contribution in [1.82, 2.24) is 15.1 Å². The molecule has 0 bridgehead atoms. The lowest BCUT2D eigenvalue weighted by Gasteiger charge is -2.23. The predicted molar refractivity (Wildman–Crippen MR) is 71.3 cm³/mol. The van der Waals surface area contributed by atoms with Gasteiger partial charge in [-0.25, -0.2) is 4.79 Å². The van der Waals surface area contributed by atoms with E-state index in [-0.39, 0.29) is 6.04 Å². The predicted octanol–water partition coefficient (Wildman–Crippen LogP) is -0.217. The van der Waals surface area contributed by atoms with Crippen LogP contribution in [0.2, 0.25) is 0 Å². The number of carboxylic acid groups (broad SMARTS) is 1. The molecule has 1 atom stereocenters. The van der Waals surface area contributed by atoms with Crippen LogP contribution in [0, 0.1) is 0 Å². The fraction of sp³-hybridized carbons (Fsp3) is 0.692. The van der Waals surface area contributed by atoms with Gasteiger partial charge in [-0.05, 0) is 26.2 Å². The number of carboxylic acids is 1. The first kappa shape index (κ1) is 15.3. The molecule has 1 saturated carbocycles. The molecular weight excluding hydrogens is 278 g/mol. The van der Waals surface area contributed by atoms with Gasteiger partial charge in [0.25, 0.3) is 5.91 Å². The second-order valence-corrected chi connectivity index (χ2v) is 5.65. The van der Waals surface area contributed by atoms with Crippen molar-refractivity contribution < 1.29 is 24.3 Å². The Morgan fingerprint density at radius 1 is 1.43 bits per heavy atom. The van der Waals surface area contributed by atoms with E-state index in [1.165, 1.54) is 4.90 Å². The maximum atomic E-state index is 12.2. The lowest BCUT2D eigenvalue weighted by molar-refractivity contribution is -0.146. The van der Waals surface area contributed by atoms with Crippen molar-refractivity contribution in [2.45, 2.75) is 44.7 Å². The monoisotopic (exact) mass is 297 g/mol. The average Bonchev–Trinajstić information content (AvgIpc) is 3.21. The zero-order valence-corrected chi connectivity index (χ0v) is 12.1. The van der Waals surface area contributed by atoms with Gasteiger partial charge in [0.15, 0.2) is 0 Å². The number of hydrogen-bond acceptors (Lipinski definition) is 4. The largest absolute Gasteiger partial charge is 0.480 e. The van der Waals surface area contributed by atoms with Gasteiger partial charge in [0.05, 0.1) is 0 Å². The zero-order chi connectivity index (χ0) is 15.8. The summed E-state index contributed by atoms with van der Waals surface area (Å²) in [6.45, 7) is 2.56. The van der Waals surface area contributed by atoms with Crippen LogP contribution < -0.4 is 5.32 Å². The van der Waals surface area contributed by atoms with Crippen molar-refractivity contribution in [2.24, 2.45) is 0 Å². The molecule has 0 spiro atoms. The highest BCUT2D eigenvalue weighted by molar-refractivity contribution is 6.08. The maximum Gasteiger partial charge on any atom is 0.325 e. The Balaban J connectivity index is 2.06. The van der Waals surface area contributed by atoms with Gasteiger partial charge >= 0.3 is 12.0 Å². The molecule has 8 nitrogen and oxygen atoms in total. The number of carbonyl (C=O) groups excluding carboxylic acids is 3. The number of aliphatic carboxylic acids is 1. The Hall–Kier alpha value is -2.12. The smallest absolute Gasteiger partial charge is 0.325 e. The number of nitrogens with one attached hydrogen (secondary N) is 1. The van der Waals surface area contributed by atoms with E-state index in [1.54, 1.807) is 13.8 Å². The van der Waals surface area contributed by atoms with Crippen LogP contribution in [0.3, 0.4) is 0 Å². The van der Waals surface area contributed by atoms with Gasteiger partial charge in [-0.15, -0.1) is 0 Å². The Labute approximate surface area is 122 Å². The van der Waals surface area contributed by atoms with Crippen molar-refractivity contribution in [3.05, 3.63) is 0 Å². The van der Waals surface area contributed by atoms with Crippen LogP contribution >= 0.6 is 0 Å². The minimum atomic E-state index is -1.11. The minimum Gasteiger partial charge on any atom is -0.480 e. The molecule has 4 amide bonds. The zero-order valence-electron chi connectivity index (χ0n) is 12.1. The highest BCUT2D eigenvalue weighted by Gasteiger charge is 2.48. The van der Waals surface area contributed by atoms with Gasteiger partial charge in [0.1, 0.15) is 18.6 Å². The van der Waals surface area contributed by atoms with Crippen LogP contribution in [0.4, 0.5) is 4.79 Å². The number of rotatable bonds is 6. The third kappa shape index (κ3) is 2.98. The van der Waals surface area contributed by atoms with Crippen LogP contribution in [0.25, 0.3) is 0 Å². The Morgan fingerprint density at radius 3 is 2.48 bits per heavy atom. The average molecular weight is 297 g/mol. The first-order valence-electron chi connectivity index (χ1n) is 6.94. The Bertz CT molecular complexity index is 502. The number of amides is 4. The standard InChI is InChI=1S/C13H19N3O5/c1-3-13(2)11(20)16(12(21)14-13)6-9(17)15(7-10(18)19)8-4-5-8/h8H,3-7H2,1-2H3,(H,14,21)(H,18,19). The van der Waals surface area contributed by atoms with E-state index in [0.717, 1.165) is 17.7 Å². The highest BCUT2D eigenvalue weighted by Crippen LogP contribution is 2.27. The summed E-state index contributed by atoms with van der Waals surface area (Å²) in [6, 6.07) is -0.698. The molecule has 8 heteroatoms. The highest BCUT2D eigenvalue weighted by atomic mass is 16.4. The number of hydrogen-bond donors (Lipinski definition) is 2. The van der Waals surface area contributed by atoms with Crippen molar-refractivity contribution >= 4 is 23.8 Å². The second-order valence-electron chi connectivity index (χ2n) is 5.65. The quantitative estimate of drug-likeness (QED) is 0.659. The summed E-state index contributed by atoms with van der Waals surface area (Å²) in [5.41, 5.74) is -0.991. The lowest BCUT2D eigenvalue weighted by Crippen LogP contribution is -2.47. The summed E-state index contributed by atoms with van der Waals surface area (Å²) in [5.74, 6) is -2.07. The molecule has 0 aromatic rings. The SMILES string of the molecule is CCC1(C)NC(=O)N(CC(=O)N(CC(=O)O)C2CC2)C1=O. The third-order valence-electron chi connectivity index (χ3n) is 3.96. The van der Waals surface area contributed by atoms with E-state index >= 15 is 0 Å². The van der Waals surface area contributed by atoms with E-state index in [0.29, 0.717) is 6.42 Å². The van der Waals surface area contributed by atoms with Crippen LogP contribution in [-0.4, -0.2) is 63.4 Å². The molecule has 0 aromatic carbocycles. The van der Waals surface area contributed by atoms with Crippen LogP contribution in [0.1, 0.15) is 33.1 Å². The molecule has 2 N–H and O–H groups in total. The third-order valence-corrected chi connectivity index (χ3v) is 3.96. The van der Waals surface area contributed by atoms with Crippen molar-refractivity contribution in [3.8, 4) is 0 Å². The summed E-state index contributed by atoms with van der Waals surface area (Å²) in [4.78, 5) is 49.1. The summed E-state index contributed by atoms with van der Waals surface area (Å²) in [6.07, 6.45) is 1.93. The molecule has 0 aromatic heterocycles. The maximum absolute atomic E-state index is 12.2. The fourth-order valence-electron chi connectivity index (χ4n) is 2.31. The van der Waals surface area contributed by atoms with Gasteiger partial charge in [-0.3, -0.25) is 19.3 Å². The van der Waals surface area contributed by atoms with Crippen molar-refractivity contribution in [2.75, 3.05) is 13.1 Å². The van der Waals surface area contributed by atoms with Crippen molar-refractivity contribution in [3.63, 3.8) is 0 Å². The van der Waals surface area contributed by atoms with Crippen LogP contribution in [-0.2, 0) is 14.4 Å². The van der Waals surface area contributed by atoms with Crippen LogP contribution in [0.15, 0.2) is 0 Å². The lowest BCUT2D eigenvalue weighted by atomic mass is 9.99. The van der Waals surface area contributed by atoms with Gasteiger partial charge in [0, 0.05) is 6.04 Å². The molecule has 1 saturated heterocycles. The minimum absolute atomic E-state index is 0.0908. The first-order chi connectivity index (χ1) is 9.78. The molecule has 1 unspecified atom stereocenters. The number of carbonyl (C=O) groups is 4. The first-order valence-corrected chi connectivity index (χ1v) is 6.94. The molecule has 1 aliphatic heterocycles. The molecule has 2 aliphatic rings. The van der Waals surface area contributed by atoms with Gasteiger partial charge in [-0.2, -0.15) is 0 Å². The normalized spacial score (nSPS) is 25.0. The topological polar surface area (TPSA) is 107 Å². The van der Waals surface area contributed by atoms with Crippen LogP contribution in [0.5, 0.6) is 0 Å². The molecule has 2 fully saturated rings. The molecule has 0 radical (unpaired) electrons. The number of nitrogens with zero attached hydrogens (tertiary/aromatic N) is 2. The van der Waals surface area contributed by atoms with E-state index in [4.69, 9.17) is 5.11 Å². The second kappa shape index (κ2) is 5.34. The summed E-state index contributed by atoms with van der Waals surface area (Å²) in [5, 5.41) is 11.4. The van der Waals surface area contributed by atoms with E-state index in [2.05, 4.69) is 5.32 Å². The fourth-order valence-corrected chi connectivity index (χ4v) is 2.31. The van der Waals surface area contributed by atoms with E-state index < -0.39 is 42.4 Å². The summed E-state index contributed by atoms with van der Waals surface area (Å²) in [7, 11) is 0.